The van der Waals surface area contributed by atoms with Crippen LogP contribution >= 0.6 is 0 Å². The Kier molecular flexibility index (Phi) is 3.12. The summed E-state index contributed by atoms with van der Waals surface area (Å²) in [7, 11) is 0. The van der Waals surface area contributed by atoms with Gasteiger partial charge in [0, 0.05) is 12.6 Å². The van der Waals surface area contributed by atoms with Crippen LogP contribution in [0.4, 0.5) is 5.88 Å². The first-order valence-electron chi connectivity index (χ1n) is 5.65. The van der Waals surface area contributed by atoms with E-state index in [2.05, 4.69) is 0 Å². The van der Waals surface area contributed by atoms with Crippen molar-refractivity contribution < 1.29 is 14.1 Å². The molecule has 1 fully saturated rings. The van der Waals surface area contributed by atoms with E-state index in [1.54, 1.807) is 4.90 Å². The number of furan rings is 1. The molecule has 0 radical (unpaired) electrons. The Morgan fingerprint density at radius 1 is 1.53 bits per heavy atom. The Morgan fingerprint density at radius 3 is 2.88 bits per heavy atom. The molecule has 0 saturated carbocycles. The lowest BCUT2D eigenvalue weighted by molar-refractivity contribution is -0.402. The summed E-state index contributed by atoms with van der Waals surface area (Å²) in [5, 5.41) is 10.5. The van der Waals surface area contributed by atoms with E-state index >= 15 is 0 Å². The van der Waals surface area contributed by atoms with Gasteiger partial charge in [0.05, 0.1) is 6.07 Å². The smallest absolute Gasteiger partial charge is 0.395 e. The van der Waals surface area contributed by atoms with Gasteiger partial charge in [0.1, 0.15) is 4.92 Å². The quantitative estimate of drug-likeness (QED) is 0.584. The first kappa shape index (κ1) is 11.6. The Balaban J connectivity index is 2.15. The van der Waals surface area contributed by atoms with Crippen LogP contribution in [0.5, 0.6) is 0 Å². The van der Waals surface area contributed by atoms with Crippen molar-refractivity contribution in [2.24, 2.45) is 0 Å². The van der Waals surface area contributed by atoms with Crippen molar-refractivity contribution in [1.82, 2.24) is 4.90 Å². The molecule has 0 N–H and O–H groups in total. The van der Waals surface area contributed by atoms with Crippen molar-refractivity contribution in [3.63, 3.8) is 0 Å². The van der Waals surface area contributed by atoms with Crippen LogP contribution in [0.25, 0.3) is 0 Å². The Morgan fingerprint density at radius 2 is 2.29 bits per heavy atom. The largest absolute Gasteiger partial charge is 0.433 e. The fourth-order valence-electron chi connectivity index (χ4n) is 2.08. The third-order valence-corrected chi connectivity index (χ3v) is 3.05. The topological polar surface area (TPSA) is 76.6 Å². The lowest BCUT2D eigenvalue weighted by Gasteiger charge is -2.32. The fraction of sp³-hybridized carbons (Fsp3) is 0.545. The highest BCUT2D eigenvalue weighted by atomic mass is 16.6. The molecule has 0 aliphatic carbocycles. The van der Waals surface area contributed by atoms with E-state index in [-0.39, 0.29) is 17.7 Å². The van der Waals surface area contributed by atoms with Crippen molar-refractivity contribution in [2.75, 3.05) is 6.54 Å². The summed E-state index contributed by atoms with van der Waals surface area (Å²) in [6.45, 7) is 2.67. The standard InChI is InChI=1S/C11H14N2O4/c1-8-4-2-3-7-12(8)11(14)9-5-6-10(17-9)13(15)16/h5-6,8H,2-4,7H2,1H3/t8-/m0/s1. The van der Waals surface area contributed by atoms with Crippen molar-refractivity contribution in [1.29, 1.82) is 0 Å². The first-order valence-corrected chi connectivity index (χ1v) is 5.65. The first-order chi connectivity index (χ1) is 8.09. The molecule has 17 heavy (non-hydrogen) atoms. The second kappa shape index (κ2) is 4.57. The van der Waals surface area contributed by atoms with Gasteiger partial charge in [-0.1, -0.05) is 0 Å². The summed E-state index contributed by atoms with van der Waals surface area (Å²) < 4.78 is 4.92. The van der Waals surface area contributed by atoms with E-state index in [0.29, 0.717) is 6.54 Å². The number of nitrogens with zero attached hydrogens (tertiary/aromatic N) is 2. The SMILES string of the molecule is C[C@H]1CCCCN1C(=O)c1ccc([N+](=O)[O-])o1. The highest BCUT2D eigenvalue weighted by molar-refractivity contribution is 5.92. The molecule has 92 valence electrons. The molecule has 0 bridgehead atoms. The molecular weight excluding hydrogens is 224 g/mol. The number of rotatable bonds is 2. The highest BCUT2D eigenvalue weighted by Crippen LogP contribution is 2.22. The van der Waals surface area contributed by atoms with E-state index in [1.165, 1.54) is 12.1 Å². The van der Waals surface area contributed by atoms with Crippen LogP contribution in [0.3, 0.4) is 0 Å². The van der Waals surface area contributed by atoms with E-state index in [4.69, 9.17) is 4.42 Å². The molecule has 0 spiro atoms. The van der Waals surface area contributed by atoms with Gasteiger partial charge in [0.15, 0.2) is 5.76 Å². The number of carbonyl (C=O) groups is 1. The molecular formula is C11H14N2O4. The van der Waals surface area contributed by atoms with Gasteiger partial charge in [-0.25, -0.2) is 0 Å². The number of piperidine rings is 1. The molecule has 1 aliphatic rings. The maximum absolute atomic E-state index is 12.1. The van der Waals surface area contributed by atoms with Gasteiger partial charge in [0.2, 0.25) is 0 Å². The van der Waals surface area contributed by atoms with E-state index in [1.807, 2.05) is 6.92 Å². The van der Waals surface area contributed by atoms with E-state index in [9.17, 15) is 14.9 Å². The number of carbonyl (C=O) groups excluding carboxylic acids is 1. The minimum absolute atomic E-state index is 0.0467. The minimum Gasteiger partial charge on any atom is -0.395 e. The highest BCUT2D eigenvalue weighted by Gasteiger charge is 2.27. The van der Waals surface area contributed by atoms with Crippen LogP contribution in [0, 0.1) is 10.1 Å². The van der Waals surface area contributed by atoms with E-state index in [0.717, 1.165) is 19.3 Å². The number of nitro groups is 1. The van der Waals surface area contributed by atoms with Crippen LogP contribution in [0.2, 0.25) is 0 Å². The molecule has 1 aromatic rings. The van der Waals surface area contributed by atoms with Crippen molar-refractivity contribution >= 4 is 11.8 Å². The Labute approximate surface area is 98.3 Å². The molecule has 2 heterocycles. The summed E-state index contributed by atoms with van der Waals surface area (Å²) in [5.74, 6) is -0.603. The number of hydrogen-bond acceptors (Lipinski definition) is 4. The third kappa shape index (κ3) is 2.30. The molecule has 6 heteroatoms. The van der Waals surface area contributed by atoms with Gasteiger partial charge >= 0.3 is 5.88 Å². The van der Waals surface area contributed by atoms with Crippen molar-refractivity contribution in [3.05, 3.63) is 28.0 Å². The summed E-state index contributed by atoms with van der Waals surface area (Å²) in [4.78, 5) is 23.6. The lowest BCUT2D eigenvalue weighted by atomic mass is 10.0. The van der Waals surface area contributed by atoms with Gasteiger partial charge < -0.3 is 9.32 Å². The lowest BCUT2D eigenvalue weighted by Crippen LogP contribution is -2.41. The van der Waals surface area contributed by atoms with Crippen LogP contribution in [-0.4, -0.2) is 28.3 Å². The van der Waals surface area contributed by atoms with Gasteiger partial charge in [0.25, 0.3) is 5.91 Å². The minimum atomic E-state index is -0.642. The van der Waals surface area contributed by atoms with Crippen molar-refractivity contribution in [2.45, 2.75) is 32.2 Å². The maximum atomic E-state index is 12.1. The molecule has 6 nitrogen and oxygen atoms in total. The third-order valence-electron chi connectivity index (χ3n) is 3.05. The van der Waals surface area contributed by atoms with Gasteiger partial charge in [-0.2, -0.15) is 0 Å². The Hall–Kier alpha value is -1.85. The second-order valence-corrected chi connectivity index (χ2v) is 4.24. The molecule has 0 aromatic carbocycles. The van der Waals surface area contributed by atoms with Crippen LogP contribution in [0.15, 0.2) is 16.5 Å². The van der Waals surface area contributed by atoms with Gasteiger partial charge in [-0.15, -0.1) is 0 Å². The van der Waals surface area contributed by atoms with E-state index < -0.39 is 10.8 Å². The number of hydrogen-bond donors (Lipinski definition) is 0. The zero-order chi connectivity index (χ0) is 12.4. The molecule has 0 unspecified atom stereocenters. The Bertz CT molecular complexity index is 440. The second-order valence-electron chi connectivity index (χ2n) is 4.24. The average Bonchev–Trinajstić information content (AvgIpc) is 2.78. The normalized spacial score (nSPS) is 20.3. The summed E-state index contributed by atoms with van der Waals surface area (Å²) in [6, 6.07) is 2.74. The average molecular weight is 238 g/mol. The summed E-state index contributed by atoms with van der Waals surface area (Å²) in [5.41, 5.74) is 0. The van der Waals surface area contributed by atoms with Crippen LogP contribution < -0.4 is 0 Å². The molecule has 1 aromatic heterocycles. The summed E-state index contributed by atoms with van der Waals surface area (Å²) >= 11 is 0. The van der Waals surface area contributed by atoms with Gasteiger partial charge in [-0.05, 0) is 32.3 Å². The summed E-state index contributed by atoms with van der Waals surface area (Å²) in [6.07, 6.45) is 3.05. The predicted molar refractivity (Wildman–Crippen MR) is 59.7 cm³/mol. The number of likely N-dealkylation sites (tertiary alicyclic amines) is 1. The molecule has 1 aliphatic heterocycles. The molecule has 1 atom stereocenters. The zero-order valence-corrected chi connectivity index (χ0v) is 9.59. The zero-order valence-electron chi connectivity index (χ0n) is 9.59. The van der Waals surface area contributed by atoms with Crippen molar-refractivity contribution in [3.8, 4) is 0 Å². The molecule has 1 saturated heterocycles. The predicted octanol–water partition coefficient (Wildman–Crippen LogP) is 2.20. The van der Waals surface area contributed by atoms with Gasteiger partial charge in [-0.3, -0.25) is 14.9 Å². The monoisotopic (exact) mass is 238 g/mol. The number of amides is 1. The fourth-order valence-corrected chi connectivity index (χ4v) is 2.08. The molecule has 2 rings (SSSR count). The molecule has 1 amide bonds. The maximum Gasteiger partial charge on any atom is 0.433 e. The van der Waals surface area contributed by atoms with Crippen LogP contribution in [0.1, 0.15) is 36.7 Å². The van der Waals surface area contributed by atoms with Crippen LogP contribution in [-0.2, 0) is 0 Å².